The van der Waals surface area contributed by atoms with E-state index >= 15 is 0 Å². The number of hydrogen-bond acceptors (Lipinski definition) is 5. The van der Waals surface area contributed by atoms with E-state index in [-0.39, 0.29) is 5.97 Å². The Morgan fingerprint density at radius 3 is 2.62 bits per heavy atom. The minimum Gasteiger partial charge on any atom is -0.469 e. The summed E-state index contributed by atoms with van der Waals surface area (Å²) in [5.74, 6) is 0.494. The Morgan fingerprint density at radius 2 is 2.06 bits per heavy atom. The van der Waals surface area contributed by atoms with Gasteiger partial charge in [0.05, 0.1) is 7.11 Å². The van der Waals surface area contributed by atoms with Gasteiger partial charge in [-0.2, -0.15) is 0 Å². The molecule has 0 radical (unpaired) electrons. The first kappa shape index (κ1) is 12.4. The molecular weight excluding hydrogens is 206 g/mol. The van der Waals surface area contributed by atoms with Crippen molar-refractivity contribution < 1.29 is 9.53 Å². The Balaban J connectivity index is 2.37. The zero-order valence-corrected chi connectivity index (χ0v) is 9.93. The zero-order valence-electron chi connectivity index (χ0n) is 9.93. The quantitative estimate of drug-likeness (QED) is 0.701. The maximum atomic E-state index is 10.9. The standard InChI is InChI=1S/C11H17N3O2/c1-9-7-12-11(13-8-9)14(2)6-4-5-10(15)16-3/h7-8H,4-6H2,1-3H3. The van der Waals surface area contributed by atoms with Crippen LogP contribution in [-0.4, -0.2) is 36.6 Å². The highest BCUT2D eigenvalue weighted by molar-refractivity contribution is 5.69. The number of rotatable bonds is 5. The molecule has 0 aliphatic carbocycles. The molecule has 0 fully saturated rings. The average Bonchev–Trinajstić information content (AvgIpc) is 2.29. The van der Waals surface area contributed by atoms with Gasteiger partial charge in [0.15, 0.2) is 0 Å². The van der Waals surface area contributed by atoms with E-state index in [0.29, 0.717) is 12.4 Å². The van der Waals surface area contributed by atoms with Gasteiger partial charge in [0, 0.05) is 32.4 Å². The van der Waals surface area contributed by atoms with Crippen LogP contribution >= 0.6 is 0 Å². The third-order valence-electron chi connectivity index (χ3n) is 2.21. The van der Waals surface area contributed by atoms with Crippen LogP contribution in [0.15, 0.2) is 12.4 Å². The van der Waals surface area contributed by atoms with Crippen molar-refractivity contribution in [2.24, 2.45) is 0 Å². The molecule has 0 aromatic carbocycles. The molecule has 1 aromatic rings. The van der Waals surface area contributed by atoms with Gasteiger partial charge in [0.25, 0.3) is 0 Å². The predicted octanol–water partition coefficient (Wildman–Crippen LogP) is 1.17. The van der Waals surface area contributed by atoms with E-state index in [4.69, 9.17) is 0 Å². The maximum absolute atomic E-state index is 10.9. The van der Waals surface area contributed by atoms with E-state index in [2.05, 4.69) is 14.7 Å². The molecule has 0 N–H and O–H groups in total. The second-order valence-electron chi connectivity index (χ2n) is 3.66. The van der Waals surface area contributed by atoms with E-state index < -0.39 is 0 Å². The summed E-state index contributed by atoms with van der Waals surface area (Å²) in [5.41, 5.74) is 1.03. The molecule has 0 bridgehead atoms. The number of hydrogen-bond donors (Lipinski definition) is 0. The van der Waals surface area contributed by atoms with Crippen LogP contribution in [0.4, 0.5) is 5.95 Å². The highest BCUT2D eigenvalue weighted by atomic mass is 16.5. The normalized spacial score (nSPS) is 9.94. The Hall–Kier alpha value is -1.65. The molecule has 0 atom stereocenters. The Labute approximate surface area is 95.5 Å². The summed E-state index contributed by atoms with van der Waals surface area (Å²) in [5, 5.41) is 0. The van der Waals surface area contributed by atoms with Crippen LogP contribution in [0.2, 0.25) is 0 Å². The number of aromatic nitrogens is 2. The molecule has 1 heterocycles. The Bertz CT molecular complexity index is 338. The van der Waals surface area contributed by atoms with Crippen molar-refractivity contribution in [1.29, 1.82) is 0 Å². The number of aryl methyl sites for hydroxylation is 1. The number of carbonyl (C=O) groups is 1. The number of methoxy groups -OCH3 is 1. The molecule has 0 saturated heterocycles. The first-order valence-electron chi connectivity index (χ1n) is 5.20. The van der Waals surface area contributed by atoms with Gasteiger partial charge in [-0.1, -0.05) is 0 Å². The van der Waals surface area contributed by atoms with Gasteiger partial charge in [-0.3, -0.25) is 4.79 Å². The molecule has 0 aliphatic rings. The van der Waals surface area contributed by atoms with E-state index in [1.807, 2.05) is 18.9 Å². The van der Waals surface area contributed by atoms with Crippen LogP contribution in [0.3, 0.4) is 0 Å². The van der Waals surface area contributed by atoms with Crippen molar-refractivity contribution in [2.75, 3.05) is 25.6 Å². The third-order valence-corrected chi connectivity index (χ3v) is 2.21. The lowest BCUT2D eigenvalue weighted by Gasteiger charge is -2.16. The fraction of sp³-hybridized carbons (Fsp3) is 0.545. The number of carbonyl (C=O) groups excluding carboxylic acids is 1. The highest BCUT2D eigenvalue weighted by Crippen LogP contribution is 2.05. The fourth-order valence-corrected chi connectivity index (χ4v) is 1.25. The number of anilines is 1. The molecule has 0 saturated carbocycles. The number of ether oxygens (including phenoxy) is 1. The van der Waals surface area contributed by atoms with Crippen LogP contribution < -0.4 is 4.90 Å². The molecule has 1 aromatic heterocycles. The molecule has 5 heteroatoms. The van der Waals surface area contributed by atoms with E-state index in [1.165, 1.54) is 7.11 Å². The average molecular weight is 223 g/mol. The molecule has 16 heavy (non-hydrogen) atoms. The Morgan fingerprint density at radius 1 is 1.44 bits per heavy atom. The van der Waals surface area contributed by atoms with E-state index in [9.17, 15) is 4.79 Å². The number of nitrogens with zero attached hydrogens (tertiary/aromatic N) is 3. The monoisotopic (exact) mass is 223 g/mol. The van der Waals surface area contributed by atoms with Gasteiger partial charge in [-0.25, -0.2) is 9.97 Å². The van der Waals surface area contributed by atoms with Gasteiger partial charge in [0.2, 0.25) is 5.95 Å². The summed E-state index contributed by atoms with van der Waals surface area (Å²) in [7, 11) is 3.30. The molecule has 0 aliphatic heterocycles. The van der Waals surface area contributed by atoms with Crippen molar-refractivity contribution >= 4 is 11.9 Å². The van der Waals surface area contributed by atoms with Crippen molar-refractivity contribution in [1.82, 2.24) is 9.97 Å². The van der Waals surface area contributed by atoms with Crippen LogP contribution in [-0.2, 0) is 9.53 Å². The largest absolute Gasteiger partial charge is 0.469 e. The van der Waals surface area contributed by atoms with Gasteiger partial charge in [-0.05, 0) is 18.9 Å². The van der Waals surface area contributed by atoms with Crippen molar-refractivity contribution in [3.05, 3.63) is 18.0 Å². The Kier molecular flexibility index (Phi) is 4.69. The first-order valence-corrected chi connectivity index (χ1v) is 5.20. The lowest BCUT2D eigenvalue weighted by molar-refractivity contribution is -0.140. The predicted molar refractivity (Wildman–Crippen MR) is 61.3 cm³/mol. The second-order valence-corrected chi connectivity index (χ2v) is 3.66. The fourth-order valence-electron chi connectivity index (χ4n) is 1.25. The molecule has 5 nitrogen and oxygen atoms in total. The van der Waals surface area contributed by atoms with Gasteiger partial charge >= 0.3 is 5.97 Å². The molecule has 0 unspecified atom stereocenters. The SMILES string of the molecule is COC(=O)CCCN(C)c1ncc(C)cn1. The first-order chi connectivity index (χ1) is 7.63. The topological polar surface area (TPSA) is 55.3 Å². The third kappa shape index (κ3) is 3.84. The van der Waals surface area contributed by atoms with Gasteiger partial charge in [0.1, 0.15) is 0 Å². The van der Waals surface area contributed by atoms with Crippen molar-refractivity contribution in [3.8, 4) is 0 Å². The molecular formula is C11H17N3O2. The minimum absolute atomic E-state index is 0.182. The van der Waals surface area contributed by atoms with Crippen LogP contribution in [0.5, 0.6) is 0 Å². The van der Waals surface area contributed by atoms with Gasteiger partial charge < -0.3 is 9.64 Å². The zero-order chi connectivity index (χ0) is 12.0. The summed E-state index contributed by atoms with van der Waals surface area (Å²) in [6, 6.07) is 0. The van der Waals surface area contributed by atoms with Gasteiger partial charge in [-0.15, -0.1) is 0 Å². The summed E-state index contributed by atoms with van der Waals surface area (Å²) >= 11 is 0. The van der Waals surface area contributed by atoms with Crippen molar-refractivity contribution in [2.45, 2.75) is 19.8 Å². The second kappa shape index (κ2) is 6.05. The summed E-state index contributed by atoms with van der Waals surface area (Å²) in [4.78, 5) is 21.2. The lowest BCUT2D eigenvalue weighted by Crippen LogP contribution is -2.21. The maximum Gasteiger partial charge on any atom is 0.305 e. The number of esters is 1. The summed E-state index contributed by atoms with van der Waals surface area (Å²) < 4.78 is 4.56. The molecule has 0 amide bonds. The van der Waals surface area contributed by atoms with E-state index in [0.717, 1.165) is 18.5 Å². The highest BCUT2D eigenvalue weighted by Gasteiger charge is 2.05. The van der Waals surface area contributed by atoms with Crippen LogP contribution in [0.1, 0.15) is 18.4 Å². The van der Waals surface area contributed by atoms with Crippen molar-refractivity contribution in [3.63, 3.8) is 0 Å². The van der Waals surface area contributed by atoms with Crippen LogP contribution in [0, 0.1) is 6.92 Å². The molecule has 1 rings (SSSR count). The molecule has 88 valence electrons. The smallest absolute Gasteiger partial charge is 0.305 e. The van der Waals surface area contributed by atoms with Crippen LogP contribution in [0.25, 0.3) is 0 Å². The summed E-state index contributed by atoms with van der Waals surface area (Å²) in [6.45, 7) is 2.68. The molecule has 0 spiro atoms. The van der Waals surface area contributed by atoms with E-state index in [1.54, 1.807) is 12.4 Å². The lowest BCUT2D eigenvalue weighted by atomic mass is 10.3. The minimum atomic E-state index is -0.182. The summed E-state index contributed by atoms with van der Waals surface area (Å²) in [6.07, 6.45) is 4.71.